The van der Waals surface area contributed by atoms with Gasteiger partial charge in [-0.15, -0.1) is 0 Å². The highest BCUT2D eigenvalue weighted by atomic mass is 16.3. The summed E-state index contributed by atoms with van der Waals surface area (Å²) in [5.41, 5.74) is -0.112. The summed E-state index contributed by atoms with van der Waals surface area (Å²) in [5, 5.41) is 20.3. The van der Waals surface area contributed by atoms with Crippen LogP contribution in [0.25, 0.3) is 0 Å². The number of rotatable bonds is 2. The van der Waals surface area contributed by atoms with E-state index in [4.69, 9.17) is 0 Å². The lowest BCUT2D eigenvalue weighted by molar-refractivity contribution is -0.144. The molecular weight excluding hydrogens is 336 g/mol. The van der Waals surface area contributed by atoms with Crippen molar-refractivity contribution in [3.05, 3.63) is 0 Å². The molecule has 2 N–H and O–H groups in total. The van der Waals surface area contributed by atoms with Gasteiger partial charge in [-0.2, -0.15) is 0 Å². The first-order chi connectivity index (χ1) is 13.1. The summed E-state index contributed by atoms with van der Waals surface area (Å²) in [6.07, 6.45) is 15.1. The Bertz CT molecular complexity index is 532. The molecule has 0 bridgehead atoms. The molecule has 4 unspecified atom stereocenters. The molecule has 5 aliphatic carbocycles. The maximum Gasteiger partial charge on any atom is 0.143 e. The average molecular weight is 375 g/mol. The second kappa shape index (κ2) is 7.13. The molecule has 5 fully saturated rings. The maximum atomic E-state index is 14.2. The van der Waals surface area contributed by atoms with Crippen LogP contribution in [-0.4, -0.2) is 28.2 Å². The van der Waals surface area contributed by atoms with Crippen molar-refractivity contribution < 1.29 is 15.0 Å². The Morgan fingerprint density at radius 2 is 1.19 bits per heavy atom. The van der Waals surface area contributed by atoms with Gasteiger partial charge in [-0.25, -0.2) is 0 Å². The third-order valence-corrected chi connectivity index (χ3v) is 9.78. The fraction of sp³-hybridized carbons (Fsp3) is 0.958. The number of Topliss-reactive ketones (excluding diaryl/α,β-unsaturated/α-hetero) is 1. The molecule has 0 aromatic rings. The van der Waals surface area contributed by atoms with Crippen molar-refractivity contribution in [2.45, 2.75) is 102 Å². The predicted octanol–water partition coefficient (Wildman–Crippen LogP) is 4.49. The third kappa shape index (κ3) is 2.78. The van der Waals surface area contributed by atoms with E-state index in [-0.39, 0.29) is 17.6 Å². The summed E-state index contributed by atoms with van der Waals surface area (Å²) in [4.78, 5) is 14.2. The number of hydrogen-bond acceptors (Lipinski definition) is 3. The minimum atomic E-state index is -0.149. The standard InChI is InChI=1S/C24H38O3/c25-18-11-7-16(8-12-18)24(17-9-13-19(26)14-10-17)21-6-2-4-15-3-1-5-20(22(15)21)23(24)27/h15-22,25-26H,1-14H2. The number of carbonyl (C=O) groups excluding carboxylic acids is 1. The van der Waals surface area contributed by atoms with Crippen molar-refractivity contribution in [3.8, 4) is 0 Å². The Morgan fingerprint density at radius 3 is 1.74 bits per heavy atom. The van der Waals surface area contributed by atoms with E-state index < -0.39 is 0 Å². The largest absolute Gasteiger partial charge is 0.393 e. The molecule has 0 aliphatic heterocycles. The lowest BCUT2D eigenvalue weighted by atomic mass is 9.51. The third-order valence-electron chi connectivity index (χ3n) is 9.78. The highest BCUT2D eigenvalue weighted by molar-refractivity contribution is 5.91. The molecule has 5 aliphatic rings. The molecule has 0 heterocycles. The van der Waals surface area contributed by atoms with Crippen molar-refractivity contribution in [3.63, 3.8) is 0 Å². The molecule has 5 saturated carbocycles. The van der Waals surface area contributed by atoms with E-state index in [9.17, 15) is 15.0 Å². The Hall–Kier alpha value is -0.410. The zero-order valence-electron chi connectivity index (χ0n) is 16.8. The molecule has 3 nitrogen and oxygen atoms in total. The predicted molar refractivity (Wildman–Crippen MR) is 105 cm³/mol. The molecule has 27 heavy (non-hydrogen) atoms. The van der Waals surface area contributed by atoms with Crippen molar-refractivity contribution in [2.75, 3.05) is 0 Å². The molecule has 0 aromatic heterocycles. The van der Waals surface area contributed by atoms with Crippen LogP contribution in [0.2, 0.25) is 0 Å². The Kier molecular flexibility index (Phi) is 4.91. The lowest BCUT2D eigenvalue weighted by Gasteiger charge is -2.52. The smallest absolute Gasteiger partial charge is 0.143 e. The molecule has 0 amide bonds. The molecule has 0 spiro atoms. The first-order valence-electron chi connectivity index (χ1n) is 12.0. The number of aliphatic hydroxyl groups is 2. The van der Waals surface area contributed by atoms with Crippen LogP contribution < -0.4 is 0 Å². The van der Waals surface area contributed by atoms with Gasteiger partial charge in [-0.3, -0.25) is 4.79 Å². The highest BCUT2D eigenvalue weighted by Gasteiger charge is 2.67. The second-order valence-corrected chi connectivity index (χ2v) is 10.7. The zero-order valence-corrected chi connectivity index (χ0v) is 16.8. The molecule has 3 heteroatoms. The zero-order chi connectivity index (χ0) is 18.6. The van der Waals surface area contributed by atoms with Crippen molar-refractivity contribution in [2.24, 2.45) is 40.9 Å². The van der Waals surface area contributed by atoms with E-state index >= 15 is 0 Å². The number of carbonyl (C=O) groups is 1. The van der Waals surface area contributed by atoms with Gasteiger partial charge in [0.1, 0.15) is 5.78 Å². The Balaban J connectivity index is 1.55. The van der Waals surface area contributed by atoms with E-state index in [0.717, 1.165) is 63.7 Å². The number of hydrogen-bond donors (Lipinski definition) is 2. The average Bonchev–Trinajstić information content (AvgIpc) is 2.95. The van der Waals surface area contributed by atoms with Gasteiger partial charge in [0.25, 0.3) is 0 Å². The number of ketones is 1. The molecule has 152 valence electrons. The first kappa shape index (κ1) is 18.6. The van der Waals surface area contributed by atoms with E-state index in [2.05, 4.69) is 0 Å². The van der Waals surface area contributed by atoms with Crippen LogP contribution >= 0.6 is 0 Å². The lowest BCUT2D eigenvalue weighted by Crippen LogP contribution is -2.51. The van der Waals surface area contributed by atoms with Crippen LogP contribution in [0.15, 0.2) is 0 Å². The topological polar surface area (TPSA) is 57.5 Å². The molecule has 0 radical (unpaired) electrons. The Labute approximate surface area is 164 Å². The summed E-state index contributed by atoms with van der Waals surface area (Å²) in [6, 6.07) is 0. The van der Waals surface area contributed by atoms with Gasteiger partial charge < -0.3 is 10.2 Å². The van der Waals surface area contributed by atoms with Crippen LogP contribution in [0.1, 0.15) is 89.9 Å². The van der Waals surface area contributed by atoms with Gasteiger partial charge >= 0.3 is 0 Å². The molecule has 5 rings (SSSR count). The van der Waals surface area contributed by atoms with Gasteiger partial charge in [0, 0.05) is 11.3 Å². The van der Waals surface area contributed by atoms with Crippen LogP contribution in [0.4, 0.5) is 0 Å². The van der Waals surface area contributed by atoms with Gasteiger partial charge in [0.2, 0.25) is 0 Å². The molecule has 4 atom stereocenters. The van der Waals surface area contributed by atoms with Gasteiger partial charge in [0.05, 0.1) is 12.2 Å². The summed E-state index contributed by atoms with van der Waals surface area (Å²) in [6.45, 7) is 0. The highest BCUT2D eigenvalue weighted by Crippen LogP contribution is 2.67. The summed E-state index contributed by atoms with van der Waals surface area (Å²) in [5.74, 6) is 4.05. The van der Waals surface area contributed by atoms with Gasteiger partial charge in [-0.05, 0) is 93.8 Å². The summed E-state index contributed by atoms with van der Waals surface area (Å²) >= 11 is 0. The van der Waals surface area contributed by atoms with Crippen molar-refractivity contribution in [1.29, 1.82) is 0 Å². The number of aliphatic hydroxyl groups excluding tert-OH is 2. The van der Waals surface area contributed by atoms with E-state index in [1.165, 1.54) is 32.1 Å². The Morgan fingerprint density at radius 1 is 0.667 bits per heavy atom. The van der Waals surface area contributed by atoms with E-state index in [1.807, 2.05) is 0 Å². The quantitative estimate of drug-likeness (QED) is 0.749. The SMILES string of the molecule is O=C1C2CCCC3CCCC(C32)C1(C1CCC(O)CC1)C1CCC(O)CC1. The summed E-state index contributed by atoms with van der Waals surface area (Å²) in [7, 11) is 0. The van der Waals surface area contributed by atoms with Gasteiger partial charge in [0.15, 0.2) is 0 Å². The van der Waals surface area contributed by atoms with E-state index in [0.29, 0.717) is 35.4 Å². The minimum absolute atomic E-state index is 0.112. The molecule has 0 saturated heterocycles. The van der Waals surface area contributed by atoms with Crippen LogP contribution in [-0.2, 0) is 4.79 Å². The van der Waals surface area contributed by atoms with Crippen LogP contribution in [0, 0.1) is 40.9 Å². The van der Waals surface area contributed by atoms with Crippen LogP contribution in [0.3, 0.4) is 0 Å². The fourth-order valence-electron chi connectivity index (χ4n) is 8.87. The minimum Gasteiger partial charge on any atom is -0.393 e. The first-order valence-corrected chi connectivity index (χ1v) is 12.0. The maximum absolute atomic E-state index is 14.2. The second-order valence-electron chi connectivity index (χ2n) is 10.7. The summed E-state index contributed by atoms with van der Waals surface area (Å²) < 4.78 is 0. The van der Waals surface area contributed by atoms with Crippen LogP contribution in [0.5, 0.6) is 0 Å². The van der Waals surface area contributed by atoms with Gasteiger partial charge in [-0.1, -0.05) is 25.7 Å². The van der Waals surface area contributed by atoms with Crippen molar-refractivity contribution in [1.82, 2.24) is 0 Å². The van der Waals surface area contributed by atoms with Crippen molar-refractivity contribution >= 4 is 5.78 Å². The fourth-order valence-corrected chi connectivity index (χ4v) is 8.87. The molecular formula is C24H38O3. The molecule has 0 aromatic carbocycles. The normalized spacial score (nSPS) is 53.2. The van der Waals surface area contributed by atoms with E-state index in [1.54, 1.807) is 0 Å². The monoisotopic (exact) mass is 374 g/mol.